The lowest BCUT2D eigenvalue weighted by Gasteiger charge is -2.31. The highest BCUT2D eigenvalue weighted by molar-refractivity contribution is 5.55. The molecule has 0 aromatic heterocycles. The number of nitrogens with one attached hydrogen (secondary N) is 1. The van der Waals surface area contributed by atoms with Crippen LogP contribution in [0.2, 0.25) is 0 Å². The van der Waals surface area contributed by atoms with Gasteiger partial charge in [-0.05, 0) is 62.5 Å². The maximum atomic E-state index is 6.05. The van der Waals surface area contributed by atoms with Gasteiger partial charge in [-0.2, -0.15) is 0 Å². The summed E-state index contributed by atoms with van der Waals surface area (Å²) in [4.78, 5) is 2.54. The SMILES string of the molecule is CCN1CCCC(COc2ccc3c(c2)CCCN3)C1. The molecular weight excluding hydrogens is 248 g/mol. The van der Waals surface area contributed by atoms with Crippen LogP contribution < -0.4 is 10.1 Å². The maximum absolute atomic E-state index is 6.05. The first-order valence-electron chi connectivity index (χ1n) is 8.07. The first kappa shape index (κ1) is 13.7. The molecule has 0 amide bonds. The summed E-state index contributed by atoms with van der Waals surface area (Å²) < 4.78 is 6.05. The first-order valence-corrected chi connectivity index (χ1v) is 8.07. The molecule has 1 N–H and O–H groups in total. The molecule has 0 bridgehead atoms. The van der Waals surface area contributed by atoms with Crippen LogP contribution in [0.5, 0.6) is 5.75 Å². The van der Waals surface area contributed by atoms with Crippen molar-refractivity contribution in [2.45, 2.75) is 32.6 Å². The summed E-state index contributed by atoms with van der Waals surface area (Å²) in [7, 11) is 0. The van der Waals surface area contributed by atoms with Crippen LogP contribution in [0.4, 0.5) is 5.69 Å². The molecule has 1 aromatic carbocycles. The van der Waals surface area contributed by atoms with Crippen molar-refractivity contribution in [2.75, 3.05) is 38.1 Å². The Morgan fingerprint density at radius 1 is 1.35 bits per heavy atom. The van der Waals surface area contributed by atoms with E-state index in [1.54, 1.807) is 0 Å². The standard InChI is InChI=1S/C17H26N2O/c1-2-19-10-4-5-14(12-19)13-20-16-7-8-17-15(11-16)6-3-9-18-17/h7-8,11,14,18H,2-6,9-10,12-13H2,1H3. The van der Waals surface area contributed by atoms with E-state index in [1.165, 1.54) is 56.6 Å². The predicted octanol–water partition coefficient (Wildman–Crippen LogP) is 3.16. The molecule has 3 nitrogen and oxygen atoms in total. The summed E-state index contributed by atoms with van der Waals surface area (Å²) in [6.45, 7) is 7.84. The number of hydrogen-bond acceptors (Lipinski definition) is 3. The second-order valence-electron chi connectivity index (χ2n) is 6.06. The summed E-state index contributed by atoms with van der Waals surface area (Å²) >= 11 is 0. The Hall–Kier alpha value is -1.22. The molecule has 2 aliphatic heterocycles. The second-order valence-corrected chi connectivity index (χ2v) is 6.06. The van der Waals surface area contributed by atoms with Gasteiger partial charge in [-0.1, -0.05) is 6.92 Å². The molecule has 0 spiro atoms. The van der Waals surface area contributed by atoms with Crippen molar-refractivity contribution in [2.24, 2.45) is 5.92 Å². The number of hydrogen-bond donors (Lipinski definition) is 1. The Morgan fingerprint density at radius 2 is 2.30 bits per heavy atom. The summed E-state index contributed by atoms with van der Waals surface area (Å²) in [6, 6.07) is 6.50. The van der Waals surface area contributed by atoms with Crippen molar-refractivity contribution in [1.82, 2.24) is 4.90 Å². The number of benzene rings is 1. The van der Waals surface area contributed by atoms with Crippen molar-refractivity contribution >= 4 is 5.69 Å². The fraction of sp³-hybridized carbons (Fsp3) is 0.647. The van der Waals surface area contributed by atoms with Crippen molar-refractivity contribution in [3.05, 3.63) is 23.8 Å². The van der Waals surface area contributed by atoms with Gasteiger partial charge in [-0.15, -0.1) is 0 Å². The molecule has 0 saturated carbocycles. The molecule has 1 unspecified atom stereocenters. The zero-order chi connectivity index (χ0) is 13.8. The number of anilines is 1. The Kier molecular flexibility index (Phi) is 4.46. The molecule has 0 aliphatic carbocycles. The average molecular weight is 274 g/mol. The average Bonchev–Trinajstić information content (AvgIpc) is 2.53. The van der Waals surface area contributed by atoms with E-state index in [-0.39, 0.29) is 0 Å². The third-order valence-electron chi connectivity index (χ3n) is 4.55. The van der Waals surface area contributed by atoms with Gasteiger partial charge in [0.05, 0.1) is 6.61 Å². The van der Waals surface area contributed by atoms with Crippen molar-refractivity contribution in [3.63, 3.8) is 0 Å². The Morgan fingerprint density at radius 3 is 3.20 bits per heavy atom. The minimum atomic E-state index is 0.692. The minimum absolute atomic E-state index is 0.692. The molecule has 1 aromatic rings. The van der Waals surface area contributed by atoms with Gasteiger partial charge in [0, 0.05) is 24.7 Å². The number of aryl methyl sites for hydroxylation is 1. The Bertz CT molecular complexity index is 447. The lowest BCUT2D eigenvalue weighted by atomic mass is 9.99. The molecule has 110 valence electrons. The zero-order valence-corrected chi connectivity index (χ0v) is 12.5. The van der Waals surface area contributed by atoms with Gasteiger partial charge >= 0.3 is 0 Å². The molecule has 20 heavy (non-hydrogen) atoms. The van der Waals surface area contributed by atoms with Gasteiger partial charge < -0.3 is 15.0 Å². The molecule has 2 heterocycles. The fourth-order valence-corrected chi connectivity index (χ4v) is 3.33. The van der Waals surface area contributed by atoms with E-state index in [9.17, 15) is 0 Å². The molecule has 3 heteroatoms. The monoisotopic (exact) mass is 274 g/mol. The van der Waals surface area contributed by atoms with Crippen molar-refractivity contribution in [1.29, 1.82) is 0 Å². The van der Waals surface area contributed by atoms with E-state index in [0.717, 1.165) is 18.9 Å². The summed E-state index contributed by atoms with van der Waals surface area (Å²) in [5.74, 6) is 1.74. The van der Waals surface area contributed by atoms with Crippen molar-refractivity contribution in [3.8, 4) is 5.75 Å². The number of ether oxygens (including phenoxy) is 1. The molecule has 2 aliphatic rings. The number of nitrogens with zero attached hydrogens (tertiary/aromatic N) is 1. The van der Waals surface area contributed by atoms with E-state index in [1.807, 2.05) is 0 Å². The lowest BCUT2D eigenvalue weighted by Crippen LogP contribution is -2.37. The topological polar surface area (TPSA) is 24.5 Å². The molecule has 1 atom stereocenters. The highest BCUT2D eigenvalue weighted by Crippen LogP contribution is 2.27. The fourth-order valence-electron chi connectivity index (χ4n) is 3.33. The van der Waals surface area contributed by atoms with Crippen LogP contribution in [0.1, 0.15) is 31.7 Å². The van der Waals surface area contributed by atoms with E-state index in [4.69, 9.17) is 4.74 Å². The normalized spacial score (nSPS) is 22.9. The number of likely N-dealkylation sites (tertiary alicyclic amines) is 1. The van der Waals surface area contributed by atoms with Crippen LogP contribution in [0.3, 0.4) is 0 Å². The van der Waals surface area contributed by atoms with E-state index >= 15 is 0 Å². The van der Waals surface area contributed by atoms with Gasteiger partial charge in [0.2, 0.25) is 0 Å². The summed E-state index contributed by atoms with van der Waals surface area (Å²) in [6.07, 6.45) is 5.02. The number of fused-ring (bicyclic) bond motifs is 1. The first-order chi connectivity index (χ1) is 9.85. The third-order valence-corrected chi connectivity index (χ3v) is 4.55. The van der Waals surface area contributed by atoms with Crippen LogP contribution in [0.25, 0.3) is 0 Å². The molecule has 0 radical (unpaired) electrons. The van der Waals surface area contributed by atoms with Crippen LogP contribution in [0.15, 0.2) is 18.2 Å². The molecule has 1 saturated heterocycles. The van der Waals surface area contributed by atoms with Crippen LogP contribution in [-0.4, -0.2) is 37.7 Å². The van der Waals surface area contributed by atoms with Crippen LogP contribution >= 0.6 is 0 Å². The van der Waals surface area contributed by atoms with E-state index < -0.39 is 0 Å². The number of rotatable bonds is 4. The molecule has 3 rings (SSSR count). The van der Waals surface area contributed by atoms with E-state index in [0.29, 0.717) is 5.92 Å². The Balaban J connectivity index is 1.55. The van der Waals surface area contributed by atoms with Gasteiger partial charge in [0.1, 0.15) is 5.75 Å². The van der Waals surface area contributed by atoms with E-state index in [2.05, 4.69) is 35.3 Å². The lowest BCUT2D eigenvalue weighted by molar-refractivity contribution is 0.135. The predicted molar refractivity (Wildman–Crippen MR) is 83.6 cm³/mol. The second kappa shape index (κ2) is 6.49. The van der Waals surface area contributed by atoms with Gasteiger partial charge in [-0.3, -0.25) is 0 Å². The smallest absolute Gasteiger partial charge is 0.119 e. The summed E-state index contributed by atoms with van der Waals surface area (Å²) in [5.41, 5.74) is 2.70. The van der Waals surface area contributed by atoms with Gasteiger partial charge in [-0.25, -0.2) is 0 Å². The summed E-state index contributed by atoms with van der Waals surface area (Å²) in [5, 5.41) is 3.45. The molecule has 1 fully saturated rings. The molecular formula is C17H26N2O. The highest BCUT2D eigenvalue weighted by atomic mass is 16.5. The van der Waals surface area contributed by atoms with Crippen molar-refractivity contribution < 1.29 is 4.74 Å². The maximum Gasteiger partial charge on any atom is 0.119 e. The number of piperidine rings is 1. The van der Waals surface area contributed by atoms with Gasteiger partial charge in [0.25, 0.3) is 0 Å². The third kappa shape index (κ3) is 3.26. The van der Waals surface area contributed by atoms with Gasteiger partial charge in [0.15, 0.2) is 0 Å². The minimum Gasteiger partial charge on any atom is -0.493 e. The van der Waals surface area contributed by atoms with Crippen LogP contribution in [-0.2, 0) is 6.42 Å². The Labute approximate surface area is 122 Å². The van der Waals surface area contributed by atoms with Crippen LogP contribution in [0, 0.1) is 5.92 Å². The quantitative estimate of drug-likeness (QED) is 0.913. The zero-order valence-electron chi connectivity index (χ0n) is 12.5. The largest absolute Gasteiger partial charge is 0.493 e. The highest BCUT2D eigenvalue weighted by Gasteiger charge is 2.19.